The molecule has 0 aliphatic carbocycles. The fraction of sp³-hybridized carbons (Fsp3) is 0. The van der Waals surface area contributed by atoms with Gasteiger partial charge < -0.3 is 48.2 Å². The van der Waals surface area contributed by atoms with Gasteiger partial charge >= 0.3 is 16.8 Å². The van der Waals surface area contributed by atoms with Crippen molar-refractivity contribution in [2.24, 2.45) is 0 Å². The van der Waals surface area contributed by atoms with E-state index in [0.717, 1.165) is 0 Å². The molecule has 0 saturated carbocycles. The SMILES string of the molecule is O.O.O.O.O.O.O=[N+]([O-])[O-].[Co+]. The predicted molar refractivity (Wildman–Crippen MR) is 32.0 cm³/mol. The van der Waals surface area contributed by atoms with Gasteiger partial charge in [-0.05, 0) is 0 Å². The van der Waals surface area contributed by atoms with Gasteiger partial charge in [-0.15, -0.1) is 0 Å². The summed E-state index contributed by atoms with van der Waals surface area (Å²) >= 11 is 0. The van der Waals surface area contributed by atoms with Gasteiger partial charge in [0.15, 0.2) is 0 Å². The van der Waals surface area contributed by atoms with Crippen LogP contribution in [0.1, 0.15) is 0 Å². The van der Waals surface area contributed by atoms with Crippen LogP contribution >= 0.6 is 0 Å². The van der Waals surface area contributed by atoms with Crippen molar-refractivity contribution in [2.45, 2.75) is 0 Å². The van der Waals surface area contributed by atoms with Crippen LogP contribution in [-0.4, -0.2) is 37.9 Å². The summed E-state index contributed by atoms with van der Waals surface area (Å²) in [7, 11) is 0. The third-order valence-corrected chi connectivity index (χ3v) is 0. The molecule has 0 saturated heterocycles. The van der Waals surface area contributed by atoms with Crippen LogP contribution in [0.25, 0.3) is 0 Å². The molecule has 0 heterocycles. The van der Waals surface area contributed by atoms with Crippen molar-refractivity contribution >= 4 is 0 Å². The molecule has 11 heavy (non-hydrogen) atoms. The minimum absolute atomic E-state index is 0. The molecule has 0 aromatic rings. The molecule has 0 amide bonds. The maximum Gasteiger partial charge on any atom is 1.00 e. The third kappa shape index (κ3) is 1850. The Balaban J connectivity index is -0.00000000214. The van der Waals surface area contributed by atoms with Crippen LogP contribution in [0.5, 0.6) is 0 Å². The second-order valence-electron chi connectivity index (χ2n) is 0.224. The monoisotopic (exact) mass is 229 g/mol. The zero-order valence-corrected chi connectivity index (χ0v) is 6.05. The molecule has 0 aromatic carbocycles. The first-order valence-corrected chi connectivity index (χ1v) is 0.548. The fourth-order valence-corrected chi connectivity index (χ4v) is 0. The average molecular weight is 229 g/mol. The van der Waals surface area contributed by atoms with E-state index in [1.54, 1.807) is 0 Å². The van der Waals surface area contributed by atoms with Crippen molar-refractivity contribution in [1.82, 2.24) is 0 Å². The van der Waals surface area contributed by atoms with Gasteiger partial charge in [0.05, 0.1) is 5.09 Å². The summed E-state index contributed by atoms with van der Waals surface area (Å²) in [4.78, 5) is 8.25. The first-order chi connectivity index (χ1) is 1.73. The molecule has 80 valence electrons. The number of hydrogen-bond acceptors (Lipinski definition) is 3. The number of nitrogens with zero attached hydrogens (tertiary/aromatic N) is 1. The van der Waals surface area contributed by atoms with Crippen molar-refractivity contribution in [3.8, 4) is 0 Å². The first-order valence-electron chi connectivity index (χ1n) is 0.548. The van der Waals surface area contributed by atoms with Gasteiger partial charge in [-0.2, -0.15) is 0 Å². The second kappa shape index (κ2) is 112. The topological polar surface area (TPSA) is 255 Å². The molecule has 0 aliphatic heterocycles. The third-order valence-electron chi connectivity index (χ3n) is 0. The smallest absolute Gasteiger partial charge is 0.412 e. The van der Waals surface area contributed by atoms with Crippen LogP contribution in [-0.2, 0) is 16.8 Å². The molecule has 0 radical (unpaired) electrons. The molecular weight excluding hydrogens is 217 g/mol. The quantitative estimate of drug-likeness (QED) is 0.291. The maximum atomic E-state index is 8.25. The summed E-state index contributed by atoms with van der Waals surface area (Å²) < 4.78 is 0. The Morgan fingerprint density at radius 1 is 0.727 bits per heavy atom. The van der Waals surface area contributed by atoms with E-state index in [0.29, 0.717) is 0 Å². The van der Waals surface area contributed by atoms with E-state index in [2.05, 4.69) is 0 Å². The van der Waals surface area contributed by atoms with Gasteiger partial charge in [0.1, 0.15) is 0 Å². The molecule has 12 N–H and O–H groups in total. The van der Waals surface area contributed by atoms with Crippen molar-refractivity contribution in [3.63, 3.8) is 0 Å². The number of hydrogen-bond donors (Lipinski definition) is 0. The second-order valence-corrected chi connectivity index (χ2v) is 0.224. The fourth-order valence-electron chi connectivity index (χ4n) is 0. The summed E-state index contributed by atoms with van der Waals surface area (Å²) in [5.74, 6) is 0. The van der Waals surface area contributed by atoms with E-state index in [1.807, 2.05) is 0 Å². The standard InChI is InChI=1S/Co.NO3.6H2O/c;2-1(3)4;;;;;;/h;;6*1H2/q+1;-1;;;;;;. The molecule has 0 fully saturated rings. The van der Waals surface area contributed by atoms with Gasteiger partial charge in [0.25, 0.3) is 0 Å². The minimum Gasteiger partial charge on any atom is -0.412 e. The zero-order chi connectivity index (χ0) is 3.58. The number of rotatable bonds is 0. The van der Waals surface area contributed by atoms with Crippen molar-refractivity contribution in [1.29, 1.82) is 0 Å². The molecule has 0 unspecified atom stereocenters. The molecule has 10 nitrogen and oxygen atoms in total. The van der Waals surface area contributed by atoms with Gasteiger partial charge in [-0.3, -0.25) is 0 Å². The van der Waals surface area contributed by atoms with Crippen molar-refractivity contribution in [2.75, 3.05) is 0 Å². The van der Waals surface area contributed by atoms with Gasteiger partial charge in [0, 0.05) is 0 Å². The van der Waals surface area contributed by atoms with Crippen LogP contribution in [0, 0.1) is 15.3 Å². The Kier molecular flexibility index (Phi) is 1560. The Morgan fingerprint density at radius 3 is 0.727 bits per heavy atom. The summed E-state index contributed by atoms with van der Waals surface area (Å²) in [6, 6.07) is 0. The average Bonchev–Trinajstić information content (AvgIpc) is 0.811. The largest absolute Gasteiger partial charge is 1.00 e. The Hall–Kier alpha value is -0.534. The summed E-state index contributed by atoms with van der Waals surface area (Å²) in [6.07, 6.45) is 0. The van der Waals surface area contributed by atoms with Crippen molar-refractivity contribution in [3.05, 3.63) is 15.3 Å². The van der Waals surface area contributed by atoms with Crippen molar-refractivity contribution < 1.29 is 54.7 Å². The summed E-state index contributed by atoms with van der Waals surface area (Å²) in [5, 5.41) is 14.8. The van der Waals surface area contributed by atoms with Gasteiger partial charge in [-0.1, -0.05) is 0 Å². The van der Waals surface area contributed by atoms with Gasteiger partial charge in [-0.25, -0.2) is 0 Å². The summed E-state index contributed by atoms with van der Waals surface area (Å²) in [5.41, 5.74) is 0. The van der Waals surface area contributed by atoms with Crippen LogP contribution in [0.3, 0.4) is 0 Å². The minimum atomic E-state index is -1.75. The molecule has 11 heteroatoms. The van der Waals surface area contributed by atoms with Crippen LogP contribution in [0.15, 0.2) is 0 Å². The molecule has 0 atom stereocenters. The molecule has 0 spiro atoms. The summed E-state index contributed by atoms with van der Waals surface area (Å²) in [6.45, 7) is 0. The van der Waals surface area contributed by atoms with E-state index < -0.39 is 5.09 Å². The van der Waals surface area contributed by atoms with Crippen LogP contribution < -0.4 is 0 Å². The predicted octanol–water partition coefficient (Wildman–Crippen LogP) is -5.19. The van der Waals surface area contributed by atoms with E-state index in [1.165, 1.54) is 0 Å². The molecular formula is H12CoNO9. The molecule has 0 bridgehead atoms. The Labute approximate surface area is 71.0 Å². The Morgan fingerprint density at radius 2 is 0.727 bits per heavy atom. The normalized spacial score (nSPS) is 2.18. The molecule has 0 aromatic heterocycles. The molecule has 0 rings (SSSR count). The van der Waals surface area contributed by atoms with E-state index in [9.17, 15) is 0 Å². The zero-order valence-electron chi connectivity index (χ0n) is 5.01. The van der Waals surface area contributed by atoms with Crippen LogP contribution in [0.4, 0.5) is 0 Å². The maximum absolute atomic E-state index is 8.25. The van der Waals surface area contributed by atoms with Crippen LogP contribution in [0.2, 0.25) is 0 Å². The van der Waals surface area contributed by atoms with Gasteiger partial charge in [0.2, 0.25) is 0 Å². The Bertz CT molecular complexity index is 32.5. The first kappa shape index (κ1) is 154. The van der Waals surface area contributed by atoms with E-state index in [-0.39, 0.29) is 49.6 Å². The van der Waals surface area contributed by atoms with E-state index in [4.69, 9.17) is 15.3 Å². The van der Waals surface area contributed by atoms with E-state index >= 15 is 0 Å². The molecule has 0 aliphatic rings.